The van der Waals surface area contributed by atoms with Gasteiger partial charge in [-0.2, -0.15) is 0 Å². The molecule has 3 N–H and O–H groups in total. The Kier molecular flexibility index (Phi) is 5.74. The third kappa shape index (κ3) is 3.78. The van der Waals surface area contributed by atoms with Gasteiger partial charge in [-0.1, -0.05) is 25.1 Å². The highest BCUT2D eigenvalue weighted by molar-refractivity contribution is 5.77. The molecule has 0 aliphatic carbocycles. The molecule has 1 aromatic rings. The molecule has 0 unspecified atom stereocenters. The van der Waals surface area contributed by atoms with Crippen molar-refractivity contribution >= 4 is 5.91 Å². The van der Waals surface area contributed by atoms with Crippen LogP contribution in [0.3, 0.4) is 0 Å². The first-order valence-corrected chi connectivity index (χ1v) is 6.01. The van der Waals surface area contributed by atoms with E-state index in [2.05, 4.69) is 5.32 Å². The van der Waals surface area contributed by atoms with Crippen LogP contribution < -0.4 is 11.1 Å². The van der Waals surface area contributed by atoms with Crippen LogP contribution in [0.15, 0.2) is 18.2 Å². The number of rotatable bonds is 6. The van der Waals surface area contributed by atoms with E-state index >= 15 is 0 Å². The molecule has 0 radical (unpaired) electrons. The summed E-state index contributed by atoms with van der Waals surface area (Å²) in [7, 11) is 1.59. The molecule has 5 heteroatoms. The Bertz CT molecular complexity index is 409. The molecule has 0 heterocycles. The Morgan fingerprint density at radius 2 is 2.11 bits per heavy atom. The predicted molar refractivity (Wildman–Crippen MR) is 69.3 cm³/mol. The zero-order valence-electron chi connectivity index (χ0n) is 10.9. The molecular weight excluding hydrogens is 233 g/mol. The summed E-state index contributed by atoms with van der Waals surface area (Å²) in [6, 6.07) is 5.18. The Morgan fingerprint density at radius 3 is 2.67 bits per heavy atom. The monoisotopic (exact) mass is 253 g/mol. The molecule has 0 spiro atoms. The van der Waals surface area contributed by atoms with Crippen molar-refractivity contribution in [1.82, 2.24) is 10.2 Å². The second-order valence-corrected chi connectivity index (χ2v) is 4.07. The average Bonchev–Trinajstić information content (AvgIpc) is 2.39. The van der Waals surface area contributed by atoms with Crippen LogP contribution in [0.2, 0.25) is 0 Å². The minimum Gasteiger partial charge on any atom is -0.358 e. The minimum atomic E-state index is -0.268. The fraction of sp³-hybridized carbons (Fsp3) is 0.462. The molecule has 0 saturated carbocycles. The SMILES string of the molecule is CCN(CC(=O)NC)Cc1cccc(CN)c1F. The molecule has 1 aromatic carbocycles. The lowest BCUT2D eigenvalue weighted by Crippen LogP contribution is -2.35. The third-order valence-electron chi connectivity index (χ3n) is 2.87. The molecule has 18 heavy (non-hydrogen) atoms. The maximum absolute atomic E-state index is 14.0. The number of carbonyl (C=O) groups excluding carboxylic acids is 1. The van der Waals surface area contributed by atoms with E-state index in [0.29, 0.717) is 24.2 Å². The number of nitrogens with zero attached hydrogens (tertiary/aromatic N) is 1. The number of amides is 1. The standard InChI is InChI=1S/C13H20FN3O/c1-3-17(9-12(18)16-2)8-11-6-4-5-10(7-15)13(11)14/h4-6H,3,7-9,15H2,1-2H3,(H,16,18). The predicted octanol–water partition coefficient (Wildman–Crippen LogP) is 0.852. The number of carbonyl (C=O) groups is 1. The van der Waals surface area contributed by atoms with Crippen LogP contribution in [-0.2, 0) is 17.9 Å². The molecule has 1 amide bonds. The zero-order valence-corrected chi connectivity index (χ0v) is 10.9. The molecule has 0 aliphatic rings. The van der Waals surface area contributed by atoms with E-state index in [0.717, 1.165) is 0 Å². The summed E-state index contributed by atoms with van der Waals surface area (Å²) in [6.07, 6.45) is 0. The number of hydrogen-bond donors (Lipinski definition) is 2. The average molecular weight is 253 g/mol. The maximum atomic E-state index is 14.0. The summed E-state index contributed by atoms with van der Waals surface area (Å²) < 4.78 is 14.0. The van der Waals surface area contributed by atoms with E-state index in [1.165, 1.54) is 0 Å². The molecule has 0 bridgehead atoms. The molecule has 1 rings (SSSR count). The first-order valence-electron chi connectivity index (χ1n) is 6.01. The molecule has 0 atom stereocenters. The largest absolute Gasteiger partial charge is 0.358 e. The first kappa shape index (κ1) is 14.6. The number of halogens is 1. The first-order chi connectivity index (χ1) is 8.62. The lowest BCUT2D eigenvalue weighted by molar-refractivity contribution is -0.121. The highest BCUT2D eigenvalue weighted by atomic mass is 19.1. The highest BCUT2D eigenvalue weighted by Crippen LogP contribution is 2.14. The lowest BCUT2D eigenvalue weighted by Gasteiger charge is -2.20. The van der Waals surface area contributed by atoms with E-state index in [1.807, 2.05) is 11.8 Å². The van der Waals surface area contributed by atoms with E-state index in [-0.39, 0.29) is 24.8 Å². The van der Waals surface area contributed by atoms with E-state index in [4.69, 9.17) is 5.73 Å². The van der Waals surface area contributed by atoms with Crippen LogP contribution in [0, 0.1) is 5.82 Å². The van der Waals surface area contributed by atoms with Crippen molar-refractivity contribution in [2.24, 2.45) is 5.73 Å². The molecule has 0 aliphatic heterocycles. The van der Waals surface area contributed by atoms with Crippen molar-refractivity contribution in [3.8, 4) is 0 Å². The Morgan fingerprint density at radius 1 is 1.44 bits per heavy atom. The fourth-order valence-corrected chi connectivity index (χ4v) is 1.72. The van der Waals surface area contributed by atoms with Gasteiger partial charge in [0.2, 0.25) is 5.91 Å². The third-order valence-corrected chi connectivity index (χ3v) is 2.87. The quantitative estimate of drug-likeness (QED) is 0.790. The van der Waals surface area contributed by atoms with Crippen LogP contribution >= 0.6 is 0 Å². The van der Waals surface area contributed by atoms with Crippen LogP contribution in [0.1, 0.15) is 18.1 Å². The van der Waals surface area contributed by atoms with Gasteiger partial charge in [-0.15, -0.1) is 0 Å². The van der Waals surface area contributed by atoms with Gasteiger partial charge < -0.3 is 11.1 Å². The van der Waals surface area contributed by atoms with Crippen LogP contribution in [-0.4, -0.2) is 30.9 Å². The van der Waals surface area contributed by atoms with Crippen molar-refractivity contribution in [2.75, 3.05) is 20.1 Å². The van der Waals surface area contributed by atoms with Gasteiger partial charge in [0.15, 0.2) is 0 Å². The van der Waals surface area contributed by atoms with Crippen molar-refractivity contribution in [1.29, 1.82) is 0 Å². The molecule has 4 nitrogen and oxygen atoms in total. The summed E-state index contributed by atoms with van der Waals surface area (Å²) in [4.78, 5) is 13.2. The number of hydrogen-bond acceptors (Lipinski definition) is 3. The fourth-order valence-electron chi connectivity index (χ4n) is 1.72. The van der Waals surface area contributed by atoms with Crippen LogP contribution in [0.25, 0.3) is 0 Å². The molecule has 100 valence electrons. The summed E-state index contributed by atoms with van der Waals surface area (Å²) in [6.45, 7) is 3.47. The number of nitrogens with two attached hydrogens (primary N) is 1. The van der Waals surface area contributed by atoms with E-state index < -0.39 is 0 Å². The van der Waals surface area contributed by atoms with Crippen LogP contribution in [0.5, 0.6) is 0 Å². The minimum absolute atomic E-state index is 0.0766. The van der Waals surface area contributed by atoms with E-state index in [1.54, 1.807) is 25.2 Å². The molecule has 0 aromatic heterocycles. The van der Waals surface area contributed by atoms with Gasteiger partial charge in [-0.3, -0.25) is 9.69 Å². The Balaban J connectivity index is 2.78. The van der Waals surface area contributed by atoms with Gasteiger partial charge in [0.1, 0.15) is 5.82 Å². The summed E-state index contributed by atoms with van der Waals surface area (Å²) >= 11 is 0. The smallest absolute Gasteiger partial charge is 0.233 e. The van der Waals surface area contributed by atoms with Gasteiger partial charge in [-0.05, 0) is 6.54 Å². The van der Waals surface area contributed by atoms with Gasteiger partial charge >= 0.3 is 0 Å². The number of nitrogens with one attached hydrogen (secondary N) is 1. The summed E-state index contributed by atoms with van der Waals surface area (Å²) in [5.74, 6) is -0.345. The number of benzene rings is 1. The summed E-state index contributed by atoms with van der Waals surface area (Å²) in [5.41, 5.74) is 6.54. The topological polar surface area (TPSA) is 58.4 Å². The maximum Gasteiger partial charge on any atom is 0.233 e. The molecule has 0 fully saturated rings. The van der Waals surface area contributed by atoms with Crippen molar-refractivity contribution in [3.05, 3.63) is 35.1 Å². The zero-order chi connectivity index (χ0) is 13.5. The second-order valence-electron chi connectivity index (χ2n) is 4.07. The molecular formula is C13H20FN3O. The second kappa shape index (κ2) is 7.08. The van der Waals surface area contributed by atoms with Crippen molar-refractivity contribution < 1.29 is 9.18 Å². The lowest BCUT2D eigenvalue weighted by atomic mass is 10.1. The Hall–Kier alpha value is -1.46. The van der Waals surface area contributed by atoms with Gasteiger partial charge in [0.25, 0.3) is 0 Å². The normalized spacial score (nSPS) is 10.7. The van der Waals surface area contributed by atoms with Gasteiger partial charge in [-0.25, -0.2) is 4.39 Å². The van der Waals surface area contributed by atoms with Gasteiger partial charge in [0.05, 0.1) is 6.54 Å². The number of likely N-dealkylation sites (N-methyl/N-ethyl adjacent to an activating group) is 2. The van der Waals surface area contributed by atoms with Gasteiger partial charge in [0, 0.05) is 31.3 Å². The summed E-state index contributed by atoms with van der Waals surface area (Å²) in [5, 5.41) is 2.56. The molecule has 0 saturated heterocycles. The van der Waals surface area contributed by atoms with Crippen molar-refractivity contribution in [2.45, 2.75) is 20.0 Å². The Labute approximate surface area is 107 Å². The highest BCUT2D eigenvalue weighted by Gasteiger charge is 2.12. The van der Waals surface area contributed by atoms with Crippen LogP contribution in [0.4, 0.5) is 4.39 Å². The van der Waals surface area contributed by atoms with E-state index in [9.17, 15) is 9.18 Å². The van der Waals surface area contributed by atoms with Crippen molar-refractivity contribution in [3.63, 3.8) is 0 Å².